The van der Waals surface area contributed by atoms with Crippen molar-refractivity contribution in [2.24, 2.45) is 0 Å². The molecule has 0 aliphatic rings. The first-order valence-corrected chi connectivity index (χ1v) is 6.76. The standard InChI is InChI=1S/C14H17ClN2O2.ClH/c1-2-5-16-6-7-17-14(18)13-9-10-8-11(15)3-4-12(10)19-13;/h3-4,8-9,16H,2,5-7H2,1H3,(H,17,18);1H. The topological polar surface area (TPSA) is 54.3 Å². The second-order valence-electron chi connectivity index (χ2n) is 4.30. The number of halogens is 2. The minimum Gasteiger partial charge on any atom is -0.451 e. The van der Waals surface area contributed by atoms with Gasteiger partial charge in [0.15, 0.2) is 5.76 Å². The molecule has 0 unspecified atom stereocenters. The number of furan rings is 1. The molecule has 0 atom stereocenters. The van der Waals surface area contributed by atoms with E-state index >= 15 is 0 Å². The van der Waals surface area contributed by atoms with Crippen molar-refractivity contribution in [1.29, 1.82) is 0 Å². The van der Waals surface area contributed by atoms with E-state index in [0.29, 0.717) is 22.9 Å². The number of rotatable bonds is 6. The van der Waals surface area contributed by atoms with Gasteiger partial charge < -0.3 is 15.1 Å². The summed E-state index contributed by atoms with van der Waals surface area (Å²) in [6.07, 6.45) is 1.08. The molecule has 20 heavy (non-hydrogen) atoms. The Bertz CT molecular complexity index is 569. The van der Waals surface area contributed by atoms with Crippen molar-refractivity contribution < 1.29 is 9.21 Å². The lowest BCUT2D eigenvalue weighted by atomic mass is 10.2. The van der Waals surface area contributed by atoms with Crippen LogP contribution in [0.5, 0.6) is 0 Å². The van der Waals surface area contributed by atoms with Gasteiger partial charge in [0.2, 0.25) is 0 Å². The number of benzene rings is 1. The zero-order valence-corrected chi connectivity index (χ0v) is 12.8. The molecule has 6 heteroatoms. The van der Waals surface area contributed by atoms with Crippen LogP contribution in [0.15, 0.2) is 28.7 Å². The van der Waals surface area contributed by atoms with Crippen molar-refractivity contribution >= 4 is 40.9 Å². The third-order valence-corrected chi connectivity index (χ3v) is 2.95. The van der Waals surface area contributed by atoms with Crippen molar-refractivity contribution in [2.75, 3.05) is 19.6 Å². The summed E-state index contributed by atoms with van der Waals surface area (Å²) in [6, 6.07) is 6.98. The molecular formula is C14H18Cl2N2O2. The van der Waals surface area contributed by atoms with Crippen LogP contribution in [0.1, 0.15) is 23.9 Å². The number of hydrogen-bond donors (Lipinski definition) is 2. The zero-order chi connectivity index (χ0) is 13.7. The summed E-state index contributed by atoms with van der Waals surface area (Å²) in [6.45, 7) is 4.40. The highest BCUT2D eigenvalue weighted by molar-refractivity contribution is 6.31. The number of carbonyl (C=O) groups is 1. The van der Waals surface area contributed by atoms with Crippen molar-refractivity contribution in [3.63, 3.8) is 0 Å². The van der Waals surface area contributed by atoms with Crippen molar-refractivity contribution in [2.45, 2.75) is 13.3 Å². The van der Waals surface area contributed by atoms with E-state index in [-0.39, 0.29) is 18.3 Å². The molecule has 1 aromatic carbocycles. The largest absolute Gasteiger partial charge is 0.451 e. The van der Waals surface area contributed by atoms with Gasteiger partial charge in [0.05, 0.1) is 0 Å². The Hall–Kier alpha value is -1.23. The molecule has 4 nitrogen and oxygen atoms in total. The van der Waals surface area contributed by atoms with Crippen LogP contribution >= 0.6 is 24.0 Å². The van der Waals surface area contributed by atoms with Gasteiger partial charge >= 0.3 is 0 Å². The number of carbonyl (C=O) groups excluding carboxylic acids is 1. The van der Waals surface area contributed by atoms with Gasteiger partial charge in [-0.05, 0) is 37.2 Å². The molecule has 0 spiro atoms. The molecule has 2 rings (SSSR count). The Morgan fingerprint density at radius 1 is 1.25 bits per heavy atom. The minimum absolute atomic E-state index is 0. The fourth-order valence-electron chi connectivity index (χ4n) is 1.78. The molecule has 2 aromatic rings. The SMILES string of the molecule is CCCNCCNC(=O)c1cc2cc(Cl)ccc2o1.Cl. The van der Waals surface area contributed by atoms with Gasteiger partial charge in [0, 0.05) is 23.5 Å². The summed E-state index contributed by atoms with van der Waals surface area (Å²) in [5.41, 5.74) is 0.665. The van der Waals surface area contributed by atoms with E-state index < -0.39 is 0 Å². The van der Waals surface area contributed by atoms with E-state index in [1.165, 1.54) is 0 Å². The van der Waals surface area contributed by atoms with E-state index in [4.69, 9.17) is 16.0 Å². The highest BCUT2D eigenvalue weighted by atomic mass is 35.5. The van der Waals surface area contributed by atoms with Crippen LogP contribution in [-0.4, -0.2) is 25.5 Å². The first kappa shape index (κ1) is 16.8. The predicted molar refractivity (Wildman–Crippen MR) is 84.0 cm³/mol. The summed E-state index contributed by atoms with van der Waals surface area (Å²) in [4.78, 5) is 11.9. The maximum absolute atomic E-state index is 11.9. The Morgan fingerprint density at radius 3 is 2.80 bits per heavy atom. The molecule has 0 aliphatic heterocycles. The van der Waals surface area contributed by atoms with Crippen LogP contribution in [0.25, 0.3) is 11.0 Å². The quantitative estimate of drug-likeness (QED) is 0.804. The molecule has 0 radical (unpaired) electrons. The predicted octanol–water partition coefficient (Wildman–Crippen LogP) is 3.24. The highest BCUT2D eigenvalue weighted by Crippen LogP contribution is 2.22. The lowest BCUT2D eigenvalue weighted by Crippen LogP contribution is -2.31. The summed E-state index contributed by atoms with van der Waals surface area (Å²) >= 11 is 5.89. The first-order chi connectivity index (χ1) is 9.20. The Balaban J connectivity index is 0.00000200. The molecule has 110 valence electrons. The van der Waals surface area contributed by atoms with E-state index in [9.17, 15) is 4.79 Å². The fraction of sp³-hybridized carbons (Fsp3) is 0.357. The van der Waals surface area contributed by atoms with Gasteiger partial charge in [-0.2, -0.15) is 0 Å². The van der Waals surface area contributed by atoms with Crippen molar-refractivity contribution in [3.8, 4) is 0 Å². The molecule has 0 bridgehead atoms. The normalized spacial score (nSPS) is 10.3. The van der Waals surface area contributed by atoms with E-state index in [1.54, 1.807) is 24.3 Å². The van der Waals surface area contributed by atoms with Crippen LogP contribution in [0.3, 0.4) is 0 Å². The molecular weight excluding hydrogens is 299 g/mol. The van der Waals surface area contributed by atoms with Crippen molar-refractivity contribution in [3.05, 3.63) is 35.0 Å². The van der Waals surface area contributed by atoms with Gasteiger partial charge in [0.25, 0.3) is 5.91 Å². The maximum atomic E-state index is 11.9. The monoisotopic (exact) mass is 316 g/mol. The van der Waals surface area contributed by atoms with Gasteiger partial charge in [-0.15, -0.1) is 12.4 Å². The van der Waals surface area contributed by atoms with Gasteiger partial charge in [-0.25, -0.2) is 0 Å². The van der Waals surface area contributed by atoms with Crippen LogP contribution in [0.4, 0.5) is 0 Å². The van der Waals surface area contributed by atoms with Gasteiger partial charge in [-0.1, -0.05) is 18.5 Å². The van der Waals surface area contributed by atoms with Crippen LogP contribution in [0.2, 0.25) is 5.02 Å². The smallest absolute Gasteiger partial charge is 0.287 e. The lowest BCUT2D eigenvalue weighted by molar-refractivity contribution is 0.0928. The number of nitrogens with one attached hydrogen (secondary N) is 2. The molecule has 0 saturated heterocycles. The van der Waals surface area contributed by atoms with E-state index in [2.05, 4.69) is 17.6 Å². The van der Waals surface area contributed by atoms with Crippen LogP contribution in [-0.2, 0) is 0 Å². The fourth-order valence-corrected chi connectivity index (χ4v) is 1.96. The average Bonchev–Trinajstić information content (AvgIpc) is 2.81. The number of amides is 1. The van der Waals surface area contributed by atoms with Gasteiger partial charge in [-0.3, -0.25) is 4.79 Å². The molecule has 0 fully saturated rings. The summed E-state index contributed by atoms with van der Waals surface area (Å²) in [7, 11) is 0. The second kappa shape index (κ2) is 8.15. The first-order valence-electron chi connectivity index (χ1n) is 6.38. The van der Waals surface area contributed by atoms with E-state index in [1.807, 2.05) is 0 Å². The van der Waals surface area contributed by atoms with Gasteiger partial charge in [0.1, 0.15) is 5.58 Å². The Morgan fingerprint density at radius 2 is 2.05 bits per heavy atom. The Kier molecular flexibility index (Phi) is 6.85. The van der Waals surface area contributed by atoms with E-state index in [0.717, 1.165) is 24.9 Å². The molecule has 1 amide bonds. The summed E-state index contributed by atoms with van der Waals surface area (Å²) in [5.74, 6) is 0.110. The number of hydrogen-bond acceptors (Lipinski definition) is 3. The number of fused-ring (bicyclic) bond motifs is 1. The summed E-state index contributed by atoms with van der Waals surface area (Å²) in [5, 5.41) is 7.48. The van der Waals surface area contributed by atoms with Crippen LogP contribution < -0.4 is 10.6 Å². The van der Waals surface area contributed by atoms with Crippen molar-refractivity contribution in [1.82, 2.24) is 10.6 Å². The Labute approximate surface area is 129 Å². The maximum Gasteiger partial charge on any atom is 0.287 e. The molecule has 1 aromatic heterocycles. The third kappa shape index (κ3) is 4.40. The molecule has 0 saturated carbocycles. The third-order valence-electron chi connectivity index (χ3n) is 2.72. The zero-order valence-electron chi connectivity index (χ0n) is 11.2. The highest BCUT2D eigenvalue weighted by Gasteiger charge is 2.11. The van der Waals surface area contributed by atoms with Crippen LogP contribution in [0, 0.1) is 0 Å². The minimum atomic E-state index is -0.203. The molecule has 2 N–H and O–H groups in total. The summed E-state index contributed by atoms with van der Waals surface area (Å²) < 4.78 is 5.47. The molecule has 0 aliphatic carbocycles. The second-order valence-corrected chi connectivity index (χ2v) is 4.74. The molecule has 1 heterocycles. The average molecular weight is 317 g/mol. The lowest BCUT2D eigenvalue weighted by Gasteiger charge is -2.03.